The van der Waals surface area contributed by atoms with Crippen LogP contribution in [0.2, 0.25) is 5.15 Å². The first-order valence-electron chi connectivity index (χ1n) is 4.25. The summed E-state index contributed by atoms with van der Waals surface area (Å²) >= 11 is 5.58. The highest BCUT2D eigenvalue weighted by Crippen LogP contribution is 2.34. The highest BCUT2D eigenvalue weighted by Gasteiger charge is 2.39. The Kier molecular flexibility index (Phi) is 3.57. The first-order valence-corrected chi connectivity index (χ1v) is 4.63. The standard InChI is InChI=1S/C9H10ClF3N2/c1-5-2-6(3-8(10)15-5)7(4-14)9(11,12)13/h2-3,7H,4,14H2,1H3. The lowest BCUT2D eigenvalue weighted by molar-refractivity contribution is -0.148. The molecule has 84 valence electrons. The van der Waals surface area contributed by atoms with Gasteiger partial charge in [0.25, 0.3) is 0 Å². The van der Waals surface area contributed by atoms with Gasteiger partial charge in [0, 0.05) is 12.2 Å². The molecule has 6 heteroatoms. The van der Waals surface area contributed by atoms with Crippen molar-refractivity contribution in [1.29, 1.82) is 0 Å². The van der Waals surface area contributed by atoms with E-state index in [1.54, 1.807) is 6.92 Å². The average Bonchev–Trinajstić information content (AvgIpc) is 1.99. The number of rotatable bonds is 2. The predicted molar refractivity (Wildman–Crippen MR) is 51.8 cm³/mol. The van der Waals surface area contributed by atoms with E-state index in [-0.39, 0.29) is 10.7 Å². The summed E-state index contributed by atoms with van der Waals surface area (Å²) < 4.78 is 37.6. The Labute approximate surface area is 90.3 Å². The van der Waals surface area contributed by atoms with E-state index < -0.39 is 18.6 Å². The van der Waals surface area contributed by atoms with Gasteiger partial charge in [0.2, 0.25) is 0 Å². The normalized spacial score (nSPS) is 14.0. The van der Waals surface area contributed by atoms with Crippen LogP contribution < -0.4 is 5.73 Å². The van der Waals surface area contributed by atoms with Crippen LogP contribution in [-0.4, -0.2) is 17.7 Å². The SMILES string of the molecule is Cc1cc(C(CN)C(F)(F)F)cc(Cl)n1. The highest BCUT2D eigenvalue weighted by atomic mass is 35.5. The lowest BCUT2D eigenvalue weighted by Gasteiger charge is -2.19. The summed E-state index contributed by atoms with van der Waals surface area (Å²) in [7, 11) is 0. The number of halogens is 4. The Morgan fingerprint density at radius 2 is 2.07 bits per heavy atom. The van der Waals surface area contributed by atoms with E-state index in [9.17, 15) is 13.2 Å². The lowest BCUT2D eigenvalue weighted by Crippen LogP contribution is -2.28. The van der Waals surface area contributed by atoms with E-state index in [2.05, 4.69) is 4.98 Å². The van der Waals surface area contributed by atoms with Gasteiger partial charge in [-0.1, -0.05) is 11.6 Å². The Balaban J connectivity index is 3.13. The second-order valence-corrected chi connectivity index (χ2v) is 3.58. The minimum Gasteiger partial charge on any atom is -0.330 e. The molecule has 1 heterocycles. The molecule has 0 spiro atoms. The second kappa shape index (κ2) is 4.37. The molecule has 0 aliphatic rings. The van der Waals surface area contributed by atoms with E-state index in [1.807, 2.05) is 0 Å². The zero-order valence-corrected chi connectivity index (χ0v) is 8.73. The molecule has 1 rings (SSSR count). The highest BCUT2D eigenvalue weighted by molar-refractivity contribution is 6.29. The smallest absolute Gasteiger partial charge is 0.330 e. The molecule has 2 N–H and O–H groups in total. The van der Waals surface area contributed by atoms with Crippen molar-refractivity contribution >= 4 is 11.6 Å². The summed E-state index contributed by atoms with van der Waals surface area (Å²) in [5.74, 6) is -1.68. The number of nitrogens with zero attached hydrogens (tertiary/aromatic N) is 1. The number of alkyl halides is 3. The van der Waals surface area contributed by atoms with Crippen LogP contribution in [0.3, 0.4) is 0 Å². The van der Waals surface area contributed by atoms with Crippen molar-refractivity contribution < 1.29 is 13.2 Å². The fourth-order valence-corrected chi connectivity index (χ4v) is 1.57. The number of hydrogen-bond donors (Lipinski definition) is 1. The Bertz CT molecular complexity index is 331. The van der Waals surface area contributed by atoms with E-state index in [0.29, 0.717) is 5.69 Å². The molecule has 0 radical (unpaired) electrons. The van der Waals surface area contributed by atoms with Gasteiger partial charge in [0.1, 0.15) is 5.15 Å². The number of hydrogen-bond acceptors (Lipinski definition) is 2. The lowest BCUT2D eigenvalue weighted by atomic mass is 9.99. The maximum atomic E-state index is 12.5. The van der Waals surface area contributed by atoms with Crippen LogP contribution in [0.15, 0.2) is 12.1 Å². The van der Waals surface area contributed by atoms with E-state index in [4.69, 9.17) is 17.3 Å². The van der Waals surface area contributed by atoms with Crippen molar-refractivity contribution in [3.8, 4) is 0 Å². The molecule has 0 saturated heterocycles. The molecule has 0 bridgehead atoms. The molecular formula is C9H10ClF3N2. The number of aryl methyl sites for hydroxylation is 1. The van der Waals surface area contributed by atoms with Crippen LogP contribution >= 0.6 is 11.6 Å². The zero-order chi connectivity index (χ0) is 11.6. The first-order chi connectivity index (χ1) is 6.84. The summed E-state index contributed by atoms with van der Waals surface area (Å²) in [6.07, 6.45) is -4.36. The largest absolute Gasteiger partial charge is 0.396 e. The van der Waals surface area contributed by atoms with Crippen molar-refractivity contribution in [2.75, 3.05) is 6.54 Å². The molecule has 0 aliphatic heterocycles. The van der Waals surface area contributed by atoms with Gasteiger partial charge in [0.05, 0.1) is 5.92 Å². The van der Waals surface area contributed by atoms with Gasteiger partial charge in [-0.3, -0.25) is 0 Å². The summed E-state index contributed by atoms with van der Waals surface area (Å²) in [4.78, 5) is 3.79. The Morgan fingerprint density at radius 3 is 2.47 bits per heavy atom. The third-order valence-electron chi connectivity index (χ3n) is 1.98. The monoisotopic (exact) mass is 238 g/mol. The van der Waals surface area contributed by atoms with Crippen molar-refractivity contribution in [2.24, 2.45) is 5.73 Å². The zero-order valence-electron chi connectivity index (χ0n) is 7.98. The van der Waals surface area contributed by atoms with Crippen molar-refractivity contribution in [2.45, 2.75) is 19.0 Å². The second-order valence-electron chi connectivity index (χ2n) is 3.19. The number of nitrogens with two attached hydrogens (primary N) is 1. The first kappa shape index (κ1) is 12.3. The molecule has 1 aromatic rings. The van der Waals surface area contributed by atoms with E-state index in [1.165, 1.54) is 12.1 Å². The van der Waals surface area contributed by atoms with Gasteiger partial charge in [-0.15, -0.1) is 0 Å². The Hall–Kier alpha value is -0.810. The minimum atomic E-state index is -4.36. The predicted octanol–water partition coefficient (Wildman–Crippen LogP) is 2.65. The molecule has 0 aliphatic carbocycles. The van der Waals surface area contributed by atoms with Crippen LogP contribution in [-0.2, 0) is 0 Å². The molecule has 1 aromatic heterocycles. The average molecular weight is 239 g/mol. The maximum Gasteiger partial charge on any atom is 0.396 e. The molecule has 1 atom stereocenters. The molecule has 0 fully saturated rings. The van der Waals surface area contributed by atoms with Crippen LogP contribution in [0.25, 0.3) is 0 Å². The molecule has 1 unspecified atom stereocenters. The fourth-order valence-electron chi connectivity index (χ4n) is 1.31. The quantitative estimate of drug-likeness (QED) is 0.805. The van der Waals surface area contributed by atoms with Crippen LogP contribution in [0.1, 0.15) is 17.2 Å². The summed E-state index contributed by atoms with van der Waals surface area (Å²) in [6, 6.07) is 2.54. The minimum absolute atomic E-state index is 0.0488. The molecule has 0 amide bonds. The Morgan fingerprint density at radius 1 is 1.47 bits per heavy atom. The molecular weight excluding hydrogens is 229 g/mol. The van der Waals surface area contributed by atoms with Crippen molar-refractivity contribution in [3.63, 3.8) is 0 Å². The number of aromatic nitrogens is 1. The van der Waals surface area contributed by atoms with Gasteiger partial charge in [-0.2, -0.15) is 13.2 Å². The van der Waals surface area contributed by atoms with Crippen LogP contribution in [0.5, 0.6) is 0 Å². The molecule has 2 nitrogen and oxygen atoms in total. The van der Waals surface area contributed by atoms with E-state index in [0.717, 1.165) is 0 Å². The van der Waals surface area contributed by atoms with E-state index >= 15 is 0 Å². The van der Waals surface area contributed by atoms with Gasteiger partial charge in [0.15, 0.2) is 0 Å². The van der Waals surface area contributed by atoms with Crippen LogP contribution in [0, 0.1) is 6.92 Å². The van der Waals surface area contributed by atoms with Gasteiger partial charge in [-0.25, -0.2) is 4.98 Å². The fraction of sp³-hybridized carbons (Fsp3) is 0.444. The summed E-state index contributed by atoms with van der Waals surface area (Å²) in [5.41, 5.74) is 5.61. The molecule has 0 aromatic carbocycles. The molecule has 15 heavy (non-hydrogen) atoms. The van der Waals surface area contributed by atoms with Gasteiger partial charge in [-0.05, 0) is 24.6 Å². The summed E-state index contributed by atoms with van der Waals surface area (Å²) in [6.45, 7) is 1.09. The van der Waals surface area contributed by atoms with Crippen molar-refractivity contribution in [3.05, 3.63) is 28.5 Å². The van der Waals surface area contributed by atoms with Crippen LogP contribution in [0.4, 0.5) is 13.2 Å². The van der Waals surface area contributed by atoms with Gasteiger partial charge >= 0.3 is 6.18 Å². The topological polar surface area (TPSA) is 38.9 Å². The third kappa shape index (κ3) is 3.07. The molecule has 0 saturated carbocycles. The van der Waals surface area contributed by atoms with Gasteiger partial charge < -0.3 is 5.73 Å². The van der Waals surface area contributed by atoms with Crippen molar-refractivity contribution in [1.82, 2.24) is 4.98 Å². The number of pyridine rings is 1. The third-order valence-corrected chi connectivity index (χ3v) is 2.17. The maximum absolute atomic E-state index is 12.5. The summed E-state index contributed by atoms with van der Waals surface area (Å²) in [5, 5.41) is 0.0488.